The Bertz CT molecular complexity index is 671. The molecule has 0 aliphatic carbocycles. The molecule has 0 spiro atoms. The molecule has 2 rings (SSSR count). The maximum Gasteiger partial charge on any atom is 0.253 e. The van der Waals surface area contributed by atoms with Gasteiger partial charge >= 0.3 is 0 Å². The lowest BCUT2D eigenvalue weighted by Crippen LogP contribution is -2.46. The fourth-order valence-corrected chi connectivity index (χ4v) is 4.16. The predicted molar refractivity (Wildman–Crippen MR) is 94.5 cm³/mol. The summed E-state index contributed by atoms with van der Waals surface area (Å²) in [7, 11) is -0.0534. The van der Waals surface area contributed by atoms with Crippen molar-refractivity contribution in [2.45, 2.75) is 43.7 Å². The number of benzene rings is 1. The number of carbonyl (C=O) groups is 1. The van der Waals surface area contributed by atoms with Crippen molar-refractivity contribution in [3.63, 3.8) is 0 Å². The smallest absolute Gasteiger partial charge is 0.253 e. The van der Waals surface area contributed by atoms with Crippen LogP contribution >= 0.6 is 0 Å². The van der Waals surface area contributed by atoms with Gasteiger partial charge in [-0.15, -0.1) is 0 Å². The lowest BCUT2D eigenvalue weighted by molar-refractivity contribution is 0.0698. The van der Waals surface area contributed by atoms with Gasteiger partial charge in [0.1, 0.15) is 0 Å². The van der Waals surface area contributed by atoms with E-state index in [0.717, 1.165) is 19.4 Å². The van der Waals surface area contributed by atoms with Crippen LogP contribution < -0.4 is 5.32 Å². The Hall–Kier alpha value is -1.44. The Balaban J connectivity index is 2.16. The van der Waals surface area contributed by atoms with Crippen molar-refractivity contribution in [1.29, 1.82) is 0 Å². The molecule has 24 heavy (non-hydrogen) atoms. The lowest BCUT2D eigenvalue weighted by atomic mass is 10.0. The second kappa shape index (κ2) is 7.63. The summed E-state index contributed by atoms with van der Waals surface area (Å²) in [5, 5.41) is 3.21. The Morgan fingerprint density at radius 1 is 1.29 bits per heavy atom. The van der Waals surface area contributed by atoms with Gasteiger partial charge in [0.05, 0.1) is 4.90 Å². The first-order valence-electron chi connectivity index (χ1n) is 8.32. The van der Waals surface area contributed by atoms with Crippen LogP contribution in [0.15, 0.2) is 29.2 Å². The minimum Gasteiger partial charge on any atom is -0.337 e. The number of nitrogens with one attached hydrogen (secondary N) is 1. The third-order valence-corrected chi connectivity index (χ3v) is 6.67. The van der Waals surface area contributed by atoms with Crippen LogP contribution in [-0.2, 0) is 10.0 Å². The minimum absolute atomic E-state index is 0.0453. The highest BCUT2D eigenvalue weighted by molar-refractivity contribution is 7.89. The van der Waals surface area contributed by atoms with E-state index in [2.05, 4.69) is 5.32 Å². The average molecular weight is 353 g/mol. The molecule has 0 bridgehead atoms. The summed E-state index contributed by atoms with van der Waals surface area (Å²) in [5.41, 5.74) is 0.526. The van der Waals surface area contributed by atoms with Gasteiger partial charge < -0.3 is 10.2 Å². The predicted octanol–water partition coefficient (Wildman–Crippen LogP) is 1.54. The molecule has 0 saturated carbocycles. The van der Waals surface area contributed by atoms with E-state index in [1.807, 2.05) is 25.8 Å². The van der Waals surface area contributed by atoms with Crippen LogP contribution in [0.3, 0.4) is 0 Å². The average Bonchev–Trinajstić information content (AvgIpc) is 2.60. The molecule has 1 aromatic rings. The first kappa shape index (κ1) is 18.9. The molecule has 1 amide bonds. The van der Waals surface area contributed by atoms with Crippen LogP contribution in [0, 0.1) is 0 Å². The van der Waals surface area contributed by atoms with Crippen LogP contribution in [0.1, 0.15) is 37.0 Å². The van der Waals surface area contributed by atoms with Gasteiger partial charge in [-0.3, -0.25) is 4.79 Å². The van der Waals surface area contributed by atoms with E-state index < -0.39 is 10.0 Å². The second-order valence-corrected chi connectivity index (χ2v) is 8.52. The summed E-state index contributed by atoms with van der Waals surface area (Å²) in [6, 6.07) is 6.44. The van der Waals surface area contributed by atoms with Gasteiger partial charge in [-0.25, -0.2) is 8.42 Å². The van der Waals surface area contributed by atoms with Gasteiger partial charge in [-0.2, -0.15) is 4.31 Å². The van der Waals surface area contributed by atoms with E-state index in [0.29, 0.717) is 18.2 Å². The largest absolute Gasteiger partial charge is 0.337 e. The van der Waals surface area contributed by atoms with Crippen molar-refractivity contribution in [2.75, 3.05) is 27.2 Å². The summed E-state index contributed by atoms with van der Waals surface area (Å²) in [4.78, 5) is 14.6. The van der Waals surface area contributed by atoms with Crippen LogP contribution in [0.2, 0.25) is 0 Å². The molecule has 1 aliphatic rings. The first-order valence-corrected chi connectivity index (χ1v) is 9.76. The number of likely N-dealkylation sites (tertiary alicyclic amines) is 1. The molecule has 7 heteroatoms. The van der Waals surface area contributed by atoms with Crippen LogP contribution in [0.4, 0.5) is 0 Å². The topological polar surface area (TPSA) is 69.7 Å². The van der Waals surface area contributed by atoms with Crippen molar-refractivity contribution >= 4 is 15.9 Å². The second-order valence-electron chi connectivity index (χ2n) is 6.52. The van der Waals surface area contributed by atoms with E-state index in [4.69, 9.17) is 0 Å². The zero-order chi connectivity index (χ0) is 17.9. The molecule has 0 radical (unpaired) electrons. The van der Waals surface area contributed by atoms with Crippen molar-refractivity contribution in [1.82, 2.24) is 14.5 Å². The van der Waals surface area contributed by atoms with E-state index in [9.17, 15) is 13.2 Å². The molecule has 134 valence electrons. The van der Waals surface area contributed by atoms with E-state index in [1.165, 1.54) is 16.4 Å². The van der Waals surface area contributed by atoms with Gasteiger partial charge in [0.15, 0.2) is 0 Å². The van der Waals surface area contributed by atoms with Crippen molar-refractivity contribution in [2.24, 2.45) is 0 Å². The monoisotopic (exact) mass is 353 g/mol. The fraction of sp³-hybridized carbons (Fsp3) is 0.588. The number of piperidine rings is 1. The minimum atomic E-state index is -3.52. The summed E-state index contributed by atoms with van der Waals surface area (Å²) in [6.45, 7) is 5.08. The molecule has 1 fully saturated rings. The van der Waals surface area contributed by atoms with Crippen molar-refractivity contribution in [3.8, 4) is 0 Å². The summed E-state index contributed by atoms with van der Waals surface area (Å²) >= 11 is 0. The van der Waals surface area contributed by atoms with E-state index >= 15 is 0 Å². The zero-order valence-electron chi connectivity index (χ0n) is 14.8. The Kier molecular flexibility index (Phi) is 6.01. The molecule has 0 aromatic heterocycles. The van der Waals surface area contributed by atoms with Gasteiger partial charge in [0.25, 0.3) is 5.91 Å². The molecule has 1 unspecified atom stereocenters. The van der Waals surface area contributed by atoms with Gasteiger partial charge in [0, 0.05) is 37.8 Å². The Morgan fingerprint density at radius 2 is 1.92 bits per heavy atom. The third kappa shape index (κ3) is 3.96. The Labute approximate surface area is 144 Å². The van der Waals surface area contributed by atoms with Crippen molar-refractivity contribution < 1.29 is 13.2 Å². The van der Waals surface area contributed by atoms with Crippen LogP contribution in [0.25, 0.3) is 0 Å². The highest BCUT2D eigenvalue weighted by Crippen LogP contribution is 2.19. The number of nitrogens with zero attached hydrogens (tertiary/aromatic N) is 2. The number of sulfonamides is 1. The van der Waals surface area contributed by atoms with Crippen LogP contribution in [0.5, 0.6) is 0 Å². The van der Waals surface area contributed by atoms with E-state index in [-0.39, 0.29) is 16.8 Å². The normalized spacial score (nSPS) is 19.1. The molecular weight excluding hydrogens is 326 g/mol. The molecule has 1 aromatic carbocycles. The molecule has 1 atom stereocenters. The number of likely N-dealkylation sites (N-methyl/N-ethyl adjacent to an activating group) is 1. The SMILES string of the molecule is CNC1CCCN(C(=O)c2ccc(S(=O)(=O)N(C)C(C)C)cc2)C1. The first-order chi connectivity index (χ1) is 11.3. The van der Waals surface area contributed by atoms with Crippen molar-refractivity contribution in [3.05, 3.63) is 29.8 Å². The number of hydrogen-bond donors (Lipinski definition) is 1. The number of amides is 1. The Morgan fingerprint density at radius 3 is 2.46 bits per heavy atom. The summed E-state index contributed by atoms with van der Waals surface area (Å²) in [5.74, 6) is -0.0453. The third-order valence-electron chi connectivity index (χ3n) is 4.62. The quantitative estimate of drug-likeness (QED) is 0.872. The zero-order valence-corrected chi connectivity index (χ0v) is 15.6. The van der Waals surface area contributed by atoms with Crippen LogP contribution in [-0.4, -0.2) is 62.8 Å². The molecule has 1 aliphatic heterocycles. The summed E-state index contributed by atoms with van der Waals surface area (Å²) in [6.07, 6.45) is 2.04. The summed E-state index contributed by atoms with van der Waals surface area (Å²) < 4.78 is 26.2. The molecule has 1 N–H and O–H groups in total. The van der Waals surface area contributed by atoms with E-state index in [1.54, 1.807) is 19.2 Å². The number of hydrogen-bond acceptors (Lipinski definition) is 4. The maximum absolute atomic E-state index is 12.6. The molecule has 6 nitrogen and oxygen atoms in total. The van der Waals surface area contributed by atoms with Gasteiger partial charge in [-0.05, 0) is 58.0 Å². The van der Waals surface area contributed by atoms with Gasteiger partial charge in [-0.1, -0.05) is 0 Å². The highest BCUT2D eigenvalue weighted by Gasteiger charge is 2.25. The fourth-order valence-electron chi connectivity index (χ4n) is 2.79. The number of carbonyl (C=O) groups excluding carboxylic acids is 1. The molecule has 1 saturated heterocycles. The molecule has 1 heterocycles. The van der Waals surface area contributed by atoms with Gasteiger partial charge in [0.2, 0.25) is 10.0 Å². The number of rotatable bonds is 5. The standard InChI is InChI=1S/C17H27N3O3S/c1-13(2)19(4)24(22,23)16-9-7-14(8-10-16)17(21)20-11-5-6-15(12-20)18-3/h7-10,13,15,18H,5-6,11-12H2,1-4H3. The lowest BCUT2D eigenvalue weighted by Gasteiger charge is -2.32. The molecular formula is C17H27N3O3S. The maximum atomic E-state index is 12.6. The highest BCUT2D eigenvalue weighted by atomic mass is 32.2.